The van der Waals surface area contributed by atoms with Gasteiger partial charge in [0.15, 0.2) is 0 Å². The van der Waals surface area contributed by atoms with Crippen molar-refractivity contribution in [1.82, 2.24) is 5.32 Å². The Morgan fingerprint density at radius 2 is 2.37 bits per heavy atom. The minimum Gasteiger partial charge on any atom is -0.442 e. The highest BCUT2D eigenvalue weighted by molar-refractivity contribution is 9.10. The lowest BCUT2D eigenvalue weighted by molar-refractivity contribution is -0.119. The molecule has 0 spiro atoms. The first-order valence-corrected chi connectivity index (χ1v) is 6.44. The number of hydrogen-bond donors (Lipinski definition) is 1. The molecule has 1 saturated heterocycles. The van der Waals surface area contributed by atoms with Crippen molar-refractivity contribution in [1.29, 1.82) is 0 Å². The van der Waals surface area contributed by atoms with Gasteiger partial charge in [0.25, 0.3) is 0 Å². The quantitative estimate of drug-likeness (QED) is 0.922. The largest absolute Gasteiger partial charge is 0.442 e. The number of rotatable bonds is 3. The van der Waals surface area contributed by atoms with Crippen LogP contribution in [0.2, 0.25) is 0 Å². The lowest BCUT2D eigenvalue weighted by Gasteiger charge is -2.13. The van der Waals surface area contributed by atoms with Crippen molar-refractivity contribution in [2.75, 3.05) is 18.0 Å². The van der Waals surface area contributed by atoms with Gasteiger partial charge in [-0.1, -0.05) is 0 Å². The highest BCUT2D eigenvalue weighted by Crippen LogP contribution is 2.25. The second-order valence-corrected chi connectivity index (χ2v) is 5.01. The molecule has 7 heteroatoms. The summed E-state index contributed by atoms with van der Waals surface area (Å²) in [7, 11) is 0. The van der Waals surface area contributed by atoms with Gasteiger partial charge in [-0.05, 0) is 34.1 Å². The van der Waals surface area contributed by atoms with E-state index in [0.717, 1.165) is 0 Å². The normalized spacial score (nSPS) is 18.4. The summed E-state index contributed by atoms with van der Waals surface area (Å²) in [5.41, 5.74) is 0.427. The van der Waals surface area contributed by atoms with Crippen molar-refractivity contribution < 1.29 is 18.7 Å². The Morgan fingerprint density at radius 1 is 1.63 bits per heavy atom. The molecular weight excluding hydrogens is 319 g/mol. The number of cyclic esters (lactones) is 1. The number of hydrogen-bond acceptors (Lipinski definition) is 3. The number of nitrogens with zero attached hydrogens (tertiary/aromatic N) is 1. The smallest absolute Gasteiger partial charge is 0.414 e. The van der Waals surface area contributed by atoms with Crippen LogP contribution in [0.4, 0.5) is 14.9 Å². The molecule has 1 N–H and O–H groups in total. The van der Waals surface area contributed by atoms with Crippen LogP contribution in [-0.4, -0.2) is 31.2 Å². The van der Waals surface area contributed by atoms with Crippen LogP contribution in [0.3, 0.4) is 0 Å². The van der Waals surface area contributed by atoms with E-state index in [0.29, 0.717) is 10.2 Å². The number of ether oxygens (including phenoxy) is 1. The predicted octanol–water partition coefficient (Wildman–Crippen LogP) is 2.05. The Morgan fingerprint density at radius 3 is 3.00 bits per heavy atom. The van der Waals surface area contributed by atoms with Crippen molar-refractivity contribution in [3.8, 4) is 0 Å². The summed E-state index contributed by atoms with van der Waals surface area (Å²) >= 11 is 3.05. The van der Waals surface area contributed by atoms with Gasteiger partial charge in [-0.3, -0.25) is 9.69 Å². The zero-order chi connectivity index (χ0) is 14.0. The number of nitrogens with one attached hydrogen (secondary N) is 1. The summed E-state index contributed by atoms with van der Waals surface area (Å²) < 4.78 is 18.8. The van der Waals surface area contributed by atoms with E-state index in [2.05, 4.69) is 21.2 Å². The van der Waals surface area contributed by atoms with Crippen LogP contribution < -0.4 is 10.2 Å². The van der Waals surface area contributed by atoms with Gasteiger partial charge >= 0.3 is 6.09 Å². The Labute approximate surface area is 117 Å². The third-order valence-corrected chi connectivity index (χ3v) is 3.31. The molecule has 1 aromatic carbocycles. The SMILES string of the molecule is CC(=O)NC[C@@H]1CN(c2ccc(Br)c(F)c2)C(=O)O1. The van der Waals surface area contributed by atoms with Gasteiger partial charge in [-0.25, -0.2) is 9.18 Å². The Bertz CT molecular complexity index is 524. The molecule has 2 amide bonds. The van der Waals surface area contributed by atoms with E-state index in [1.807, 2.05) is 0 Å². The first-order valence-electron chi connectivity index (χ1n) is 5.65. The molecule has 1 fully saturated rings. The van der Waals surface area contributed by atoms with Crippen LogP contribution in [0.1, 0.15) is 6.92 Å². The summed E-state index contributed by atoms with van der Waals surface area (Å²) in [6, 6.07) is 4.40. The summed E-state index contributed by atoms with van der Waals surface area (Å²) in [6.45, 7) is 1.91. The zero-order valence-corrected chi connectivity index (χ0v) is 11.7. The van der Waals surface area contributed by atoms with Crippen molar-refractivity contribution in [2.24, 2.45) is 0 Å². The molecule has 1 heterocycles. The number of amides is 2. The van der Waals surface area contributed by atoms with Gasteiger partial charge in [0.2, 0.25) is 5.91 Å². The fraction of sp³-hybridized carbons (Fsp3) is 0.333. The minimum atomic E-state index is -0.544. The third-order valence-electron chi connectivity index (χ3n) is 2.67. The Kier molecular flexibility index (Phi) is 4.04. The second kappa shape index (κ2) is 5.56. The fourth-order valence-corrected chi connectivity index (χ4v) is 2.00. The molecule has 0 bridgehead atoms. The lowest BCUT2D eigenvalue weighted by atomic mass is 10.2. The summed E-state index contributed by atoms with van der Waals surface area (Å²) in [4.78, 5) is 23.8. The highest BCUT2D eigenvalue weighted by atomic mass is 79.9. The Balaban J connectivity index is 2.07. The molecule has 0 radical (unpaired) electrons. The van der Waals surface area contributed by atoms with Crippen LogP contribution >= 0.6 is 15.9 Å². The van der Waals surface area contributed by atoms with E-state index >= 15 is 0 Å². The minimum absolute atomic E-state index is 0.191. The summed E-state index contributed by atoms with van der Waals surface area (Å²) in [5, 5.41) is 2.58. The maximum absolute atomic E-state index is 13.4. The highest BCUT2D eigenvalue weighted by Gasteiger charge is 2.32. The van der Waals surface area contributed by atoms with E-state index < -0.39 is 18.0 Å². The molecule has 0 saturated carbocycles. The van der Waals surface area contributed by atoms with Crippen LogP contribution in [0.25, 0.3) is 0 Å². The first kappa shape index (κ1) is 13.8. The molecule has 5 nitrogen and oxygen atoms in total. The second-order valence-electron chi connectivity index (χ2n) is 4.15. The van der Waals surface area contributed by atoms with Gasteiger partial charge in [0.1, 0.15) is 11.9 Å². The maximum atomic E-state index is 13.4. The van der Waals surface area contributed by atoms with Gasteiger partial charge in [0, 0.05) is 6.92 Å². The van der Waals surface area contributed by atoms with Gasteiger partial charge in [0.05, 0.1) is 23.2 Å². The van der Waals surface area contributed by atoms with E-state index in [-0.39, 0.29) is 19.0 Å². The van der Waals surface area contributed by atoms with Crippen molar-refractivity contribution in [3.63, 3.8) is 0 Å². The lowest BCUT2D eigenvalue weighted by Crippen LogP contribution is -2.33. The summed E-state index contributed by atoms with van der Waals surface area (Å²) in [6.07, 6.45) is -0.972. The molecular formula is C12H12BrFN2O3. The summed E-state index contributed by atoms with van der Waals surface area (Å²) in [5.74, 6) is -0.639. The molecule has 0 aliphatic carbocycles. The number of anilines is 1. The number of benzene rings is 1. The average Bonchev–Trinajstić information content (AvgIpc) is 2.72. The number of halogens is 2. The molecule has 1 aliphatic heterocycles. The monoisotopic (exact) mass is 330 g/mol. The van der Waals surface area contributed by atoms with Crippen LogP contribution in [0.5, 0.6) is 0 Å². The standard InChI is InChI=1S/C12H12BrFN2O3/c1-7(17)15-5-9-6-16(12(18)19-9)8-2-3-10(13)11(14)4-8/h2-4,9H,5-6H2,1H3,(H,15,17)/t9-/m1/s1. The molecule has 19 heavy (non-hydrogen) atoms. The fourth-order valence-electron chi connectivity index (χ4n) is 1.75. The van der Waals surface area contributed by atoms with Gasteiger partial charge in [-0.2, -0.15) is 0 Å². The maximum Gasteiger partial charge on any atom is 0.414 e. The first-order chi connectivity index (χ1) is 8.97. The zero-order valence-electron chi connectivity index (χ0n) is 10.2. The van der Waals surface area contributed by atoms with Gasteiger partial charge in [-0.15, -0.1) is 0 Å². The number of carbonyl (C=O) groups is 2. The molecule has 0 unspecified atom stereocenters. The van der Waals surface area contributed by atoms with Crippen LogP contribution in [-0.2, 0) is 9.53 Å². The molecule has 1 atom stereocenters. The predicted molar refractivity (Wildman–Crippen MR) is 70.4 cm³/mol. The average molecular weight is 331 g/mol. The molecule has 2 rings (SSSR count). The van der Waals surface area contributed by atoms with Crippen LogP contribution in [0, 0.1) is 5.82 Å². The Hall–Kier alpha value is -1.63. The van der Waals surface area contributed by atoms with Crippen LogP contribution in [0.15, 0.2) is 22.7 Å². The topological polar surface area (TPSA) is 58.6 Å². The van der Waals surface area contributed by atoms with Gasteiger partial charge < -0.3 is 10.1 Å². The number of carbonyl (C=O) groups excluding carboxylic acids is 2. The molecule has 1 aromatic rings. The molecule has 0 aromatic heterocycles. The van der Waals surface area contributed by atoms with E-state index in [9.17, 15) is 14.0 Å². The van der Waals surface area contributed by atoms with Crippen molar-refractivity contribution >= 4 is 33.6 Å². The third kappa shape index (κ3) is 3.23. The molecule has 102 valence electrons. The van der Waals surface area contributed by atoms with Crippen molar-refractivity contribution in [2.45, 2.75) is 13.0 Å². The molecule has 1 aliphatic rings. The van der Waals surface area contributed by atoms with Crippen molar-refractivity contribution in [3.05, 3.63) is 28.5 Å². The van der Waals surface area contributed by atoms with E-state index in [1.165, 1.54) is 24.0 Å². The van der Waals surface area contributed by atoms with E-state index in [4.69, 9.17) is 4.74 Å². The van der Waals surface area contributed by atoms with E-state index in [1.54, 1.807) is 6.07 Å².